The molecule has 5 heteroatoms. The molecule has 0 saturated heterocycles. The van der Waals surface area contributed by atoms with Crippen LogP contribution in [0, 0.1) is 0 Å². The van der Waals surface area contributed by atoms with Gasteiger partial charge in [-0.15, -0.1) is 0 Å². The Hall–Kier alpha value is -2.69. The average molecular weight is 386 g/mol. The molecule has 2 rings (SSSR count). The minimum atomic E-state index is -0.0517. The lowest BCUT2D eigenvalue weighted by Crippen LogP contribution is -2.33. The number of para-hydroxylation sites is 1. The zero-order valence-electron chi connectivity index (χ0n) is 17.7. The van der Waals surface area contributed by atoms with Crippen LogP contribution < -0.4 is 14.2 Å². The molecule has 0 bridgehead atoms. The van der Waals surface area contributed by atoms with Crippen LogP contribution in [0.4, 0.5) is 0 Å². The first-order valence-electron chi connectivity index (χ1n) is 9.43. The summed E-state index contributed by atoms with van der Waals surface area (Å²) >= 11 is 0. The Kier molecular flexibility index (Phi) is 7.32. The van der Waals surface area contributed by atoms with Gasteiger partial charge in [0.15, 0.2) is 18.1 Å². The van der Waals surface area contributed by atoms with E-state index in [1.165, 1.54) is 0 Å². The van der Waals surface area contributed by atoms with Crippen LogP contribution in [0.1, 0.15) is 31.9 Å². The van der Waals surface area contributed by atoms with Gasteiger partial charge in [0.05, 0.1) is 14.2 Å². The molecule has 0 aliphatic carbocycles. The van der Waals surface area contributed by atoms with Gasteiger partial charge in [-0.3, -0.25) is 4.79 Å². The van der Waals surface area contributed by atoms with Crippen LogP contribution in [0.25, 0.3) is 0 Å². The highest BCUT2D eigenvalue weighted by Gasteiger charge is 2.19. The van der Waals surface area contributed by atoms with Gasteiger partial charge in [-0.1, -0.05) is 45.0 Å². The molecule has 0 aliphatic rings. The van der Waals surface area contributed by atoms with Gasteiger partial charge in [0, 0.05) is 13.6 Å². The summed E-state index contributed by atoms with van der Waals surface area (Å²) in [7, 11) is 5.02. The highest BCUT2D eigenvalue weighted by atomic mass is 16.5. The summed E-state index contributed by atoms with van der Waals surface area (Å²) < 4.78 is 16.4. The van der Waals surface area contributed by atoms with E-state index in [-0.39, 0.29) is 17.9 Å². The molecule has 2 aromatic rings. The number of ether oxygens (including phenoxy) is 3. The van der Waals surface area contributed by atoms with E-state index in [1.807, 2.05) is 42.5 Å². The molecule has 0 fully saturated rings. The monoisotopic (exact) mass is 385 g/mol. The van der Waals surface area contributed by atoms with Gasteiger partial charge in [-0.2, -0.15) is 0 Å². The SMILES string of the molecule is COc1ccc(CCN(C)C(=O)COc2ccccc2C(C)(C)C)cc1OC. The summed E-state index contributed by atoms with van der Waals surface area (Å²) in [6.07, 6.45) is 0.723. The van der Waals surface area contributed by atoms with Crippen LogP contribution in [-0.4, -0.2) is 45.2 Å². The Labute approximate surface area is 168 Å². The summed E-state index contributed by atoms with van der Waals surface area (Å²) in [5.41, 5.74) is 2.13. The van der Waals surface area contributed by atoms with Crippen molar-refractivity contribution in [3.8, 4) is 17.2 Å². The maximum absolute atomic E-state index is 12.5. The summed E-state index contributed by atoms with van der Waals surface area (Å²) in [6.45, 7) is 7.01. The van der Waals surface area contributed by atoms with E-state index >= 15 is 0 Å². The van der Waals surface area contributed by atoms with E-state index in [2.05, 4.69) is 20.8 Å². The lowest BCUT2D eigenvalue weighted by atomic mass is 9.86. The average Bonchev–Trinajstić information content (AvgIpc) is 2.69. The number of carbonyl (C=O) groups excluding carboxylic acids is 1. The Morgan fingerprint density at radius 1 is 0.964 bits per heavy atom. The Balaban J connectivity index is 1.92. The van der Waals surface area contributed by atoms with Crippen LogP contribution >= 0.6 is 0 Å². The molecule has 0 unspecified atom stereocenters. The number of amides is 1. The summed E-state index contributed by atoms with van der Waals surface area (Å²) in [5.74, 6) is 2.10. The summed E-state index contributed by atoms with van der Waals surface area (Å²) in [5, 5.41) is 0. The highest BCUT2D eigenvalue weighted by Crippen LogP contribution is 2.31. The zero-order chi connectivity index (χ0) is 20.7. The maximum Gasteiger partial charge on any atom is 0.260 e. The largest absolute Gasteiger partial charge is 0.493 e. The lowest BCUT2D eigenvalue weighted by molar-refractivity contribution is -0.132. The number of rotatable bonds is 8. The number of likely N-dealkylation sites (N-methyl/N-ethyl adjacent to an activating group) is 1. The minimum Gasteiger partial charge on any atom is -0.493 e. The zero-order valence-corrected chi connectivity index (χ0v) is 17.7. The first kappa shape index (κ1) is 21.6. The van der Waals surface area contributed by atoms with Gasteiger partial charge in [0.2, 0.25) is 0 Å². The molecular formula is C23H31NO4. The van der Waals surface area contributed by atoms with Crippen LogP contribution in [0.15, 0.2) is 42.5 Å². The standard InChI is InChI=1S/C23H31NO4/c1-23(2,3)18-9-7-8-10-19(18)28-16-22(25)24(4)14-13-17-11-12-20(26-5)21(15-17)27-6/h7-12,15H,13-14,16H2,1-6H3. The van der Waals surface area contributed by atoms with E-state index in [0.717, 1.165) is 23.3 Å². The molecule has 0 aromatic heterocycles. The Morgan fingerprint density at radius 3 is 2.29 bits per heavy atom. The number of hydrogen-bond donors (Lipinski definition) is 0. The van der Waals surface area contributed by atoms with Gasteiger partial charge in [-0.25, -0.2) is 0 Å². The van der Waals surface area contributed by atoms with E-state index < -0.39 is 0 Å². The molecule has 0 heterocycles. The molecule has 0 N–H and O–H groups in total. The van der Waals surface area contributed by atoms with Crippen molar-refractivity contribution in [2.45, 2.75) is 32.6 Å². The molecule has 28 heavy (non-hydrogen) atoms. The summed E-state index contributed by atoms with van der Waals surface area (Å²) in [4.78, 5) is 14.2. The van der Waals surface area contributed by atoms with Gasteiger partial charge >= 0.3 is 0 Å². The van der Waals surface area contributed by atoms with Crippen LogP contribution in [0.5, 0.6) is 17.2 Å². The van der Waals surface area contributed by atoms with E-state index in [1.54, 1.807) is 26.2 Å². The Bertz CT molecular complexity index is 795. The second-order valence-electron chi connectivity index (χ2n) is 7.79. The van der Waals surface area contributed by atoms with Gasteiger partial charge < -0.3 is 19.1 Å². The predicted molar refractivity (Wildman–Crippen MR) is 112 cm³/mol. The van der Waals surface area contributed by atoms with Crippen molar-refractivity contribution in [3.63, 3.8) is 0 Å². The van der Waals surface area contributed by atoms with Gasteiger partial charge in [0.1, 0.15) is 5.75 Å². The van der Waals surface area contributed by atoms with Crippen molar-refractivity contribution in [3.05, 3.63) is 53.6 Å². The second kappa shape index (κ2) is 9.49. The normalized spacial score (nSPS) is 11.1. The van der Waals surface area contributed by atoms with Gasteiger partial charge in [0.25, 0.3) is 5.91 Å². The highest BCUT2D eigenvalue weighted by molar-refractivity contribution is 5.77. The van der Waals surface area contributed by atoms with E-state index in [4.69, 9.17) is 14.2 Å². The molecule has 5 nitrogen and oxygen atoms in total. The summed E-state index contributed by atoms with van der Waals surface area (Å²) in [6, 6.07) is 13.7. The fourth-order valence-electron chi connectivity index (χ4n) is 2.92. The maximum atomic E-state index is 12.5. The molecule has 2 aromatic carbocycles. The first-order valence-corrected chi connectivity index (χ1v) is 9.43. The van der Waals surface area contributed by atoms with Crippen molar-refractivity contribution < 1.29 is 19.0 Å². The van der Waals surface area contributed by atoms with Crippen LogP contribution in [-0.2, 0) is 16.6 Å². The number of carbonyl (C=O) groups is 1. The smallest absolute Gasteiger partial charge is 0.260 e. The molecule has 0 atom stereocenters. The topological polar surface area (TPSA) is 48.0 Å². The fraction of sp³-hybridized carbons (Fsp3) is 0.435. The predicted octanol–water partition coefficient (Wildman–Crippen LogP) is 4.08. The third kappa shape index (κ3) is 5.65. The quantitative estimate of drug-likeness (QED) is 0.687. The van der Waals surface area contributed by atoms with Crippen molar-refractivity contribution in [2.75, 3.05) is 34.4 Å². The first-order chi connectivity index (χ1) is 13.3. The van der Waals surface area contributed by atoms with Crippen LogP contribution in [0.3, 0.4) is 0 Å². The van der Waals surface area contributed by atoms with E-state index in [9.17, 15) is 4.79 Å². The minimum absolute atomic E-state index is 0.0233. The van der Waals surface area contributed by atoms with Gasteiger partial charge in [-0.05, 0) is 41.2 Å². The molecule has 0 radical (unpaired) electrons. The number of benzene rings is 2. The van der Waals surface area contributed by atoms with Crippen molar-refractivity contribution in [2.24, 2.45) is 0 Å². The van der Waals surface area contributed by atoms with Crippen molar-refractivity contribution in [1.82, 2.24) is 4.90 Å². The second-order valence-corrected chi connectivity index (χ2v) is 7.79. The molecule has 0 saturated carbocycles. The number of methoxy groups -OCH3 is 2. The lowest BCUT2D eigenvalue weighted by Gasteiger charge is -2.23. The third-order valence-corrected chi connectivity index (χ3v) is 4.66. The van der Waals surface area contributed by atoms with E-state index in [0.29, 0.717) is 18.0 Å². The van der Waals surface area contributed by atoms with Crippen LogP contribution in [0.2, 0.25) is 0 Å². The molecule has 152 valence electrons. The number of hydrogen-bond acceptors (Lipinski definition) is 4. The fourth-order valence-corrected chi connectivity index (χ4v) is 2.92. The molecule has 0 spiro atoms. The Morgan fingerprint density at radius 2 is 1.64 bits per heavy atom. The molecular weight excluding hydrogens is 354 g/mol. The third-order valence-electron chi connectivity index (χ3n) is 4.66. The molecule has 1 amide bonds. The number of nitrogens with zero attached hydrogens (tertiary/aromatic N) is 1. The molecule has 0 aliphatic heterocycles. The van der Waals surface area contributed by atoms with Crippen molar-refractivity contribution in [1.29, 1.82) is 0 Å². The van der Waals surface area contributed by atoms with Crippen molar-refractivity contribution >= 4 is 5.91 Å².